The van der Waals surface area contributed by atoms with Gasteiger partial charge in [0, 0.05) is 12.3 Å². The Morgan fingerprint density at radius 1 is 1.08 bits per heavy atom. The van der Waals surface area contributed by atoms with E-state index in [0.29, 0.717) is 17.0 Å². The summed E-state index contributed by atoms with van der Waals surface area (Å²) >= 11 is 0. The fourth-order valence-corrected chi connectivity index (χ4v) is 2.32. The SMILES string of the molecule is COc1ccc(N=c2oc3ccccc3cc2C(=O)NC(C)=O)cc1. The molecule has 0 atom stereocenters. The van der Waals surface area contributed by atoms with Crippen molar-refractivity contribution < 1.29 is 18.7 Å². The van der Waals surface area contributed by atoms with Crippen LogP contribution >= 0.6 is 0 Å². The van der Waals surface area contributed by atoms with Gasteiger partial charge in [-0.15, -0.1) is 0 Å². The van der Waals surface area contributed by atoms with E-state index >= 15 is 0 Å². The van der Waals surface area contributed by atoms with Crippen LogP contribution in [0.4, 0.5) is 5.69 Å². The van der Waals surface area contributed by atoms with Crippen molar-refractivity contribution in [2.45, 2.75) is 6.92 Å². The van der Waals surface area contributed by atoms with Crippen molar-refractivity contribution in [2.24, 2.45) is 4.99 Å². The third-order valence-electron chi connectivity index (χ3n) is 3.49. The molecule has 0 saturated heterocycles. The number of imide groups is 1. The minimum Gasteiger partial charge on any atom is -0.497 e. The Balaban J connectivity index is 2.17. The summed E-state index contributed by atoms with van der Waals surface area (Å²) < 4.78 is 10.9. The van der Waals surface area contributed by atoms with Crippen LogP contribution in [0.5, 0.6) is 5.75 Å². The molecule has 3 aromatic rings. The molecule has 6 heteroatoms. The van der Waals surface area contributed by atoms with Gasteiger partial charge >= 0.3 is 0 Å². The van der Waals surface area contributed by atoms with Crippen molar-refractivity contribution in [1.82, 2.24) is 5.32 Å². The summed E-state index contributed by atoms with van der Waals surface area (Å²) in [5.74, 6) is -0.313. The number of nitrogens with zero attached hydrogens (tertiary/aromatic N) is 1. The van der Waals surface area contributed by atoms with Crippen LogP contribution in [0.15, 0.2) is 64.0 Å². The Bertz CT molecular complexity index is 1000. The molecule has 0 spiro atoms. The summed E-state index contributed by atoms with van der Waals surface area (Å²) in [6, 6.07) is 15.9. The van der Waals surface area contributed by atoms with Crippen molar-refractivity contribution in [1.29, 1.82) is 0 Å². The van der Waals surface area contributed by atoms with Gasteiger partial charge in [0.05, 0.1) is 12.8 Å². The molecule has 0 aliphatic heterocycles. The van der Waals surface area contributed by atoms with Gasteiger partial charge in [0.1, 0.15) is 16.9 Å². The van der Waals surface area contributed by atoms with E-state index in [4.69, 9.17) is 9.15 Å². The first kappa shape index (κ1) is 16.4. The second-order valence-electron chi connectivity index (χ2n) is 5.32. The third kappa shape index (κ3) is 3.74. The summed E-state index contributed by atoms with van der Waals surface area (Å²) in [5, 5.41) is 2.99. The van der Waals surface area contributed by atoms with Crippen LogP contribution < -0.4 is 15.6 Å². The maximum absolute atomic E-state index is 12.3. The van der Waals surface area contributed by atoms with Crippen LogP contribution in [0.1, 0.15) is 17.3 Å². The monoisotopic (exact) mass is 336 g/mol. The average Bonchev–Trinajstić information content (AvgIpc) is 2.61. The highest BCUT2D eigenvalue weighted by atomic mass is 16.5. The van der Waals surface area contributed by atoms with Crippen molar-refractivity contribution in [3.63, 3.8) is 0 Å². The number of ether oxygens (including phenoxy) is 1. The molecule has 25 heavy (non-hydrogen) atoms. The van der Waals surface area contributed by atoms with Crippen molar-refractivity contribution in [3.05, 3.63) is 65.7 Å². The first-order valence-electron chi connectivity index (χ1n) is 7.60. The standard InChI is InChI=1S/C19H16N2O4/c1-12(22)20-18(23)16-11-13-5-3-4-6-17(13)25-19(16)21-14-7-9-15(24-2)10-8-14/h3-11H,1-2H3,(H,20,22,23). The molecular formula is C19H16N2O4. The lowest BCUT2D eigenvalue weighted by molar-refractivity contribution is -0.118. The molecule has 126 valence electrons. The van der Waals surface area contributed by atoms with E-state index in [0.717, 1.165) is 5.39 Å². The smallest absolute Gasteiger partial charge is 0.263 e. The molecule has 0 unspecified atom stereocenters. The number of hydrogen-bond acceptors (Lipinski definition) is 5. The van der Waals surface area contributed by atoms with Gasteiger partial charge in [0.25, 0.3) is 5.91 Å². The number of para-hydroxylation sites is 1. The lowest BCUT2D eigenvalue weighted by atomic mass is 10.1. The molecule has 2 amide bonds. The van der Waals surface area contributed by atoms with Crippen LogP contribution in [0.25, 0.3) is 11.0 Å². The number of fused-ring (bicyclic) bond motifs is 1. The van der Waals surface area contributed by atoms with E-state index in [-0.39, 0.29) is 11.1 Å². The summed E-state index contributed by atoms with van der Waals surface area (Å²) in [6.07, 6.45) is 0. The van der Waals surface area contributed by atoms with Gasteiger partial charge in [-0.25, -0.2) is 4.99 Å². The van der Waals surface area contributed by atoms with Crippen LogP contribution in [-0.2, 0) is 4.79 Å². The second kappa shape index (κ2) is 7.00. The minimum atomic E-state index is -0.561. The molecule has 3 rings (SSSR count). The minimum absolute atomic E-state index is 0.127. The van der Waals surface area contributed by atoms with Gasteiger partial charge in [0.15, 0.2) is 0 Å². The maximum atomic E-state index is 12.3. The van der Waals surface area contributed by atoms with Gasteiger partial charge in [-0.1, -0.05) is 18.2 Å². The largest absolute Gasteiger partial charge is 0.497 e. The number of carbonyl (C=O) groups is 2. The van der Waals surface area contributed by atoms with Crippen LogP contribution in [0.3, 0.4) is 0 Å². The molecule has 0 aliphatic rings. The Labute approximate surface area is 143 Å². The summed E-state index contributed by atoms with van der Waals surface area (Å²) in [5.41, 5.74) is 1.50. The highest BCUT2D eigenvalue weighted by Crippen LogP contribution is 2.18. The number of nitrogens with one attached hydrogen (secondary N) is 1. The lowest BCUT2D eigenvalue weighted by Gasteiger charge is -2.05. The molecule has 1 N–H and O–H groups in total. The third-order valence-corrected chi connectivity index (χ3v) is 3.49. The molecule has 0 saturated carbocycles. The van der Waals surface area contributed by atoms with E-state index in [9.17, 15) is 9.59 Å². The molecule has 0 aliphatic carbocycles. The number of methoxy groups -OCH3 is 1. The highest BCUT2D eigenvalue weighted by Gasteiger charge is 2.13. The molecule has 0 bridgehead atoms. The zero-order valence-electron chi connectivity index (χ0n) is 13.8. The molecule has 2 aromatic carbocycles. The molecule has 1 heterocycles. The molecule has 0 fully saturated rings. The Hall–Kier alpha value is -3.41. The number of hydrogen-bond donors (Lipinski definition) is 1. The maximum Gasteiger partial charge on any atom is 0.263 e. The predicted molar refractivity (Wildman–Crippen MR) is 92.6 cm³/mol. The lowest BCUT2D eigenvalue weighted by Crippen LogP contribution is -2.32. The van der Waals surface area contributed by atoms with Crippen molar-refractivity contribution in [3.8, 4) is 5.75 Å². The molecular weight excluding hydrogens is 320 g/mol. The number of rotatable bonds is 3. The quantitative estimate of drug-likeness (QED) is 0.797. The predicted octanol–water partition coefficient (Wildman–Crippen LogP) is 2.95. The van der Waals surface area contributed by atoms with Gasteiger partial charge in [0.2, 0.25) is 11.5 Å². The Morgan fingerprint density at radius 3 is 2.48 bits per heavy atom. The first-order valence-corrected chi connectivity index (χ1v) is 7.60. The Morgan fingerprint density at radius 2 is 1.80 bits per heavy atom. The fraction of sp³-hybridized carbons (Fsp3) is 0.105. The summed E-state index contributed by atoms with van der Waals surface area (Å²) in [4.78, 5) is 28.0. The van der Waals surface area contributed by atoms with Crippen molar-refractivity contribution >= 4 is 28.5 Å². The van der Waals surface area contributed by atoms with E-state index in [1.807, 2.05) is 18.2 Å². The van der Waals surface area contributed by atoms with Gasteiger partial charge in [-0.3, -0.25) is 14.9 Å². The average molecular weight is 336 g/mol. The highest BCUT2D eigenvalue weighted by molar-refractivity contribution is 6.05. The molecule has 6 nitrogen and oxygen atoms in total. The van der Waals surface area contributed by atoms with Crippen LogP contribution in [0, 0.1) is 0 Å². The first-order chi connectivity index (χ1) is 12.1. The number of carbonyl (C=O) groups excluding carboxylic acids is 2. The summed E-state index contributed by atoms with van der Waals surface area (Å²) in [7, 11) is 1.58. The van der Waals surface area contributed by atoms with E-state index in [2.05, 4.69) is 10.3 Å². The normalized spacial score (nSPS) is 11.4. The second-order valence-corrected chi connectivity index (χ2v) is 5.32. The van der Waals surface area contributed by atoms with Gasteiger partial charge < -0.3 is 9.15 Å². The fourth-order valence-electron chi connectivity index (χ4n) is 2.32. The molecule has 0 radical (unpaired) electrons. The van der Waals surface area contributed by atoms with E-state index in [1.165, 1.54) is 6.92 Å². The number of benzene rings is 2. The zero-order chi connectivity index (χ0) is 17.8. The topological polar surface area (TPSA) is 80.9 Å². The van der Waals surface area contributed by atoms with Gasteiger partial charge in [-0.2, -0.15) is 0 Å². The van der Waals surface area contributed by atoms with E-state index < -0.39 is 11.8 Å². The Kier molecular flexibility index (Phi) is 4.61. The zero-order valence-corrected chi connectivity index (χ0v) is 13.8. The summed E-state index contributed by atoms with van der Waals surface area (Å²) in [6.45, 7) is 1.27. The van der Waals surface area contributed by atoms with Crippen LogP contribution in [-0.4, -0.2) is 18.9 Å². The molecule has 1 aromatic heterocycles. The van der Waals surface area contributed by atoms with E-state index in [1.54, 1.807) is 43.5 Å². The number of amides is 2. The van der Waals surface area contributed by atoms with Crippen LogP contribution in [0.2, 0.25) is 0 Å². The van der Waals surface area contributed by atoms with Crippen molar-refractivity contribution in [2.75, 3.05) is 7.11 Å². The van der Waals surface area contributed by atoms with Gasteiger partial charge in [-0.05, 0) is 36.4 Å².